The van der Waals surface area contributed by atoms with E-state index in [0.29, 0.717) is 17.3 Å². The monoisotopic (exact) mass is 308 g/mol. The van der Waals surface area contributed by atoms with Crippen molar-refractivity contribution in [1.29, 1.82) is 0 Å². The Labute approximate surface area is 134 Å². The fourth-order valence-electron chi connectivity index (χ4n) is 2.40. The van der Waals surface area contributed by atoms with Gasteiger partial charge in [0.2, 0.25) is 0 Å². The molecule has 0 radical (unpaired) electrons. The first kappa shape index (κ1) is 15.2. The second-order valence-corrected chi connectivity index (χ2v) is 5.83. The predicted molar refractivity (Wildman–Crippen MR) is 89.0 cm³/mol. The van der Waals surface area contributed by atoms with Gasteiger partial charge in [0.1, 0.15) is 11.6 Å². The van der Waals surface area contributed by atoms with Crippen molar-refractivity contribution in [2.45, 2.75) is 19.8 Å². The lowest BCUT2D eigenvalue weighted by Crippen LogP contribution is -1.97. The Morgan fingerprint density at radius 3 is 2.26 bits per heavy atom. The van der Waals surface area contributed by atoms with Gasteiger partial charge in [-0.2, -0.15) is 0 Å². The summed E-state index contributed by atoms with van der Waals surface area (Å²) in [6.07, 6.45) is 3.41. The molecular formula is C20H17FO2. The van der Waals surface area contributed by atoms with Gasteiger partial charge < -0.3 is 4.74 Å². The lowest BCUT2D eigenvalue weighted by atomic mass is 10.0. The van der Waals surface area contributed by atoms with Crippen LogP contribution in [0.1, 0.15) is 36.5 Å². The highest BCUT2D eigenvalue weighted by Gasteiger charge is 2.21. The van der Waals surface area contributed by atoms with E-state index in [0.717, 1.165) is 11.1 Å². The Bertz CT molecular complexity index is 781. The molecule has 0 saturated heterocycles. The number of rotatable bonds is 3. The molecule has 1 heterocycles. The third-order valence-electron chi connectivity index (χ3n) is 3.78. The topological polar surface area (TPSA) is 26.3 Å². The normalized spacial score (nSPS) is 15.9. The Balaban J connectivity index is 1.87. The number of carbonyl (C=O) groups excluding carboxylic acids is 1. The molecule has 0 saturated carbocycles. The zero-order valence-electron chi connectivity index (χ0n) is 13.0. The summed E-state index contributed by atoms with van der Waals surface area (Å²) in [7, 11) is 0. The first-order valence-electron chi connectivity index (χ1n) is 7.54. The Morgan fingerprint density at radius 1 is 1.00 bits per heavy atom. The second kappa shape index (κ2) is 6.21. The molecule has 3 heteroatoms. The zero-order valence-corrected chi connectivity index (χ0v) is 13.0. The van der Waals surface area contributed by atoms with Crippen LogP contribution in [0.15, 0.2) is 60.2 Å². The molecule has 1 aliphatic heterocycles. The lowest BCUT2D eigenvalue weighted by Gasteiger charge is -2.06. The minimum absolute atomic E-state index is 0.303. The maximum atomic E-state index is 12.9. The van der Waals surface area contributed by atoms with E-state index in [1.54, 1.807) is 24.3 Å². The van der Waals surface area contributed by atoms with Crippen LogP contribution in [0, 0.1) is 5.82 Å². The van der Waals surface area contributed by atoms with Gasteiger partial charge >= 0.3 is 5.97 Å². The molecule has 0 atom stereocenters. The van der Waals surface area contributed by atoms with Crippen LogP contribution >= 0.6 is 0 Å². The Kier molecular flexibility index (Phi) is 4.11. The maximum absolute atomic E-state index is 12.9. The van der Waals surface area contributed by atoms with E-state index in [1.807, 2.05) is 24.3 Å². The summed E-state index contributed by atoms with van der Waals surface area (Å²) in [5.41, 5.74) is 3.32. The average molecular weight is 308 g/mol. The summed E-state index contributed by atoms with van der Waals surface area (Å²) in [5.74, 6) is 0.302. The molecule has 0 amide bonds. The molecule has 3 rings (SSSR count). The van der Waals surface area contributed by atoms with Crippen LogP contribution in [0.3, 0.4) is 0 Å². The summed E-state index contributed by atoms with van der Waals surface area (Å²) in [6.45, 7) is 4.26. The molecule has 2 aromatic rings. The van der Waals surface area contributed by atoms with E-state index in [2.05, 4.69) is 13.8 Å². The van der Waals surface area contributed by atoms with Crippen molar-refractivity contribution in [3.05, 3.63) is 82.7 Å². The standard InChI is InChI=1S/C20H17FO2/c1-13(2)15-5-7-16(8-6-15)19-12-17(20(22)23-19)11-14-3-9-18(21)10-4-14/h3-13H,1-2H3/b17-11+. The van der Waals surface area contributed by atoms with Crippen LogP contribution in [0.4, 0.5) is 4.39 Å². The molecule has 2 aromatic carbocycles. The quantitative estimate of drug-likeness (QED) is 0.593. The summed E-state index contributed by atoms with van der Waals surface area (Å²) in [6, 6.07) is 14.0. The van der Waals surface area contributed by atoms with E-state index in [-0.39, 0.29) is 5.82 Å². The largest absolute Gasteiger partial charge is 0.422 e. The average Bonchev–Trinajstić information content (AvgIpc) is 2.91. The summed E-state index contributed by atoms with van der Waals surface area (Å²) < 4.78 is 18.3. The highest BCUT2D eigenvalue weighted by molar-refractivity contribution is 6.05. The van der Waals surface area contributed by atoms with Crippen molar-refractivity contribution in [3.63, 3.8) is 0 Å². The van der Waals surface area contributed by atoms with Crippen molar-refractivity contribution in [2.24, 2.45) is 0 Å². The Hall–Kier alpha value is -2.68. The third kappa shape index (κ3) is 3.39. The number of ether oxygens (including phenoxy) is 1. The number of benzene rings is 2. The van der Waals surface area contributed by atoms with Crippen LogP contribution in [-0.2, 0) is 9.53 Å². The lowest BCUT2D eigenvalue weighted by molar-refractivity contribution is -0.130. The van der Waals surface area contributed by atoms with E-state index in [9.17, 15) is 9.18 Å². The number of halogens is 1. The SMILES string of the molecule is CC(C)c1ccc(C2=C/C(=C\c3ccc(F)cc3)C(=O)O2)cc1. The van der Waals surface area contributed by atoms with Gasteiger partial charge in [0.15, 0.2) is 0 Å². The van der Waals surface area contributed by atoms with Crippen molar-refractivity contribution < 1.29 is 13.9 Å². The van der Waals surface area contributed by atoms with Gasteiger partial charge in [-0.3, -0.25) is 0 Å². The second-order valence-electron chi connectivity index (χ2n) is 5.83. The fourth-order valence-corrected chi connectivity index (χ4v) is 2.40. The van der Waals surface area contributed by atoms with E-state index in [4.69, 9.17) is 4.74 Å². The van der Waals surface area contributed by atoms with Crippen molar-refractivity contribution in [1.82, 2.24) is 0 Å². The van der Waals surface area contributed by atoms with Gasteiger partial charge in [-0.1, -0.05) is 50.2 Å². The van der Waals surface area contributed by atoms with Crippen LogP contribution in [-0.4, -0.2) is 5.97 Å². The smallest absolute Gasteiger partial charge is 0.343 e. The Morgan fingerprint density at radius 2 is 1.65 bits per heavy atom. The molecule has 0 N–H and O–H groups in total. The number of hydrogen-bond donors (Lipinski definition) is 0. The van der Waals surface area contributed by atoms with Crippen LogP contribution in [0.5, 0.6) is 0 Å². The van der Waals surface area contributed by atoms with Gasteiger partial charge in [-0.15, -0.1) is 0 Å². The molecule has 0 unspecified atom stereocenters. The van der Waals surface area contributed by atoms with Crippen molar-refractivity contribution in [3.8, 4) is 0 Å². The number of esters is 1. The zero-order chi connectivity index (χ0) is 16.4. The minimum Gasteiger partial charge on any atom is -0.422 e. The molecule has 0 spiro atoms. The van der Waals surface area contributed by atoms with Crippen molar-refractivity contribution >= 4 is 17.8 Å². The van der Waals surface area contributed by atoms with Gasteiger partial charge in [-0.05, 0) is 41.3 Å². The molecule has 0 aromatic heterocycles. The fraction of sp³-hybridized carbons (Fsp3) is 0.150. The molecule has 0 aliphatic carbocycles. The van der Waals surface area contributed by atoms with E-state index in [1.165, 1.54) is 17.7 Å². The van der Waals surface area contributed by atoms with Crippen molar-refractivity contribution in [2.75, 3.05) is 0 Å². The maximum Gasteiger partial charge on any atom is 0.343 e. The molecule has 23 heavy (non-hydrogen) atoms. The summed E-state index contributed by atoms with van der Waals surface area (Å²) >= 11 is 0. The highest BCUT2D eigenvalue weighted by atomic mass is 19.1. The predicted octanol–water partition coefficient (Wildman–Crippen LogP) is 4.93. The first-order chi connectivity index (χ1) is 11.0. The van der Waals surface area contributed by atoms with Gasteiger partial charge in [0.25, 0.3) is 0 Å². The van der Waals surface area contributed by atoms with Crippen LogP contribution < -0.4 is 0 Å². The van der Waals surface area contributed by atoms with E-state index < -0.39 is 5.97 Å². The minimum atomic E-state index is -0.391. The number of cyclic esters (lactones) is 1. The molecule has 116 valence electrons. The number of hydrogen-bond acceptors (Lipinski definition) is 2. The van der Waals surface area contributed by atoms with Crippen LogP contribution in [0.2, 0.25) is 0 Å². The number of carbonyl (C=O) groups is 1. The molecule has 1 aliphatic rings. The summed E-state index contributed by atoms with van der Waals surface area (Å²) in [5, 5.41) is 0. The molecule has 2 nitrogen and oxygen atoms in total. The van der Waals surface area contributed by atoms with Gasteiger partial charge in [0.05, 0.1) is 5.57 Å². The first-order valence-corrected chi connectivity index (χ1v) is 7.54. The highest BCUT2D eigenvalue weighted by Crippen LogP contribution is 2.28. The van der Waals surface area contributed by atoms with Gasteiger partial charge in [-0.25, -0.2) is 9.18 Å². The third-order valence-corrected chi connectivity index (χ3v) is 3.78. The molecule has 0 bridgehead atoms. The van der Waals surface area contributed by atoms with E-state index >= 15 is 0 Å². The summed E-state index contributed by atoms with van der Waals surface area (Å²) in [4.78, 5) is 12.0. The van der Waals surface area contributed by atoms with Gasteiger partial charge in [0, 0.05) is 5.56 Å². The molecule has 0 fully saturated rings. The van der Waals surface area contributed by atoms with Crippen LogP contribution in [0.25, 0.3) is 11.8 Å². The molecular weight excluding hydrogens is 291 g/mol.